The number of aryl methyl sites for hydroxylation is 1. The van der Waals surface area contributed by atoms with Gasteiger partial charge in [0.2, 0.25) is 0 Å². The Morgan fingerprint density at radius 3 is 2.22 bits per heavy atom. The van der Waals surface area contributed by atoms with Crippen LogP contribution in [0.4, 0.5) is 0 Å². The van der Waals surface area contributed by atoms with Crippen molar-refractivity contribution < 1.29 is 4.74 Å². The van der Waals surface area contributed by atoms with Crippen LogP contribution < -0.4 is 4.74 Å². The third kappa shape index (κ3) is 10.6. The molecule has 0 radical (unpaired) electrons. The predicted molar refractivity (Wildman–Crippen MR) is 137 cm³/mol. The van der Waals surface area contributed by atoms with Crippen LogP contribution in [0.5, 0.6) is 5.75 Å². The number of rotatable bonds is 18. The molecule has 0 aliphatic heterocycles. The number of hydrogen-bond donors (Lipinski definition) is 0. The van der Waals surface area contributed by atoms with E-state index in [-0.39, 0.29) is 0 Å². The zero-order chi connectivity index (χ0) is 22.9. The Hall–Kier alpha value is -1.90. The molecule has 2 aromatic rings. The monoisotopic (exact) mass is 438 g/mol. The first-order chi connectivity index (χ1) is 15.7. The van der Waals surface area contributed by atoms with Crippen molar-refractivity contribution in [3.8, 4) is 17.0 Å². The molecule has 3 heteroatoms. The second-order valence-electron chi connectivity index (χ2n) is 9.56. The summed E-state index contributed by atoms with van der Waals surface area (Å²) in [6.45, 7) is 7.61. The lowest BCUT2D eigenvalue weighted by atomic mass is 10.0. The molecule has 2 rings (SSSR count). The van der Waals surface area contributed by atoms with E-state index in [9.17, 15) is 0 Å². The van der Waals surface area contributed by atoms with Crippen LogP contribution in [0, 0.1) is 5.92 Å². The molecule has 0 spiro atoms. The quantitative estimate of drug-likeness (QED) is 0.218. The van der Waals surface area contributed by atoms with Crippen LogP contribution >= 0.6 is 0 Å². The molecule has 3 nitrogen and oxygen atoms in total. The van der Waals surface area contributed by atoms with Crippen molar-refractivity contribution in [1.29, 1.82) is 0 Å². The highest BCUT2D eigenvalue weighted by Crippen LogP contribution is 2.31. The largest absolute Gasteiger partial charge is 0.493 e. The van der Waals surface area contributed by atoms with Crippen molar-refractivity contribution in [2.24, 2.45) is 5.92 Å². The number of aromatic nitrogens is 2. The Balaban J connectivity index is 1.80. The van der Waals surface area contributed by atoms with Gasteiger partial charge in [-0.1, -0.05) is 97.1 Å². The van der Waals surface area contributed by atoms with Crippen LogP contribution in [0.3, 0.4) is 0 Å². The Kier molecular flexibility index (Phi) is 13.7. The Morgan fingerprint density at radius 2 is 1.50 bits per heavy atom. The van der Waals surface area contributed by atoms with E-state index in [4.69, 9.17) is 4.74 Å². The van der Waals surface area contributed by atoms with Gasteiger partial charge < -0.3 is 4.74 Å². The highest BCUT2D eigenvalue weighted by atomic mass is 16.5. The summed E-state index contributed by atoms with van der Waals surface area (Å²) in [6, 6.07) is 8.33. The number of nitrogens with zero attached hydrogens (tertiary/aromatic N) is 2. The van der Waals surface area contributed by atoms with E-state index in [0.29, 0.717) is 0 Å². The first-order valence-corrected chi connectivity index (χ1v) is 13.2. The molecular weight excluding hydrogens is 392 g/mol. The van der Waals surface area contributed by atoms with E-state index in [0.717, 1.165) is 42.4 Å². The van der Waals surface area contributed by atoms with Crippen molar-refractivity contribution in [3.63, 3.8) is 0 Å². The summed E-state index contributed by atoms with van der Waals surface area (Å²) in [5.74, 6) is 1.71. The highest BCUT2D eigenvalue weighted by molar-refractivity contribution is 5.69. The molecule has 1 heterocycles. The molecule has 0 N–H and O–H groups in total. The molecule has 0 saturated heterocycles. The first-order valence-electron chi connectivity index (χ1n) is 13.2. The SMILES string of the molecule is CCCCCCCCCCCCc1cncnc1-c1ccccc1OCCCCC(C)C. The predicted octanol–water partition coefficient (Wildman–Crippen LogP) is 8.81. The van der Waals surface area contributed by atoms with Crippen LogP contribution in [-0.4, -0.2) is 16.6 Å². The maximum absolute atomic E-state index is 6.17. The maximum Gasteiger partial charge on any atom is 0.128 e. The van der Waals surface area contributed by atoms with Crippen molar-refractivity contribution in [1.82, 2.24) is 9.97 Å². The first kappa shape index (κ1) is 26.4. The zero-order valence-corrected chi connectivity index (χ0v) is 21.0. The van der Waals surface area contributed by atoms with Crippen LogP contribution in [0.2, 0.25) is 0 Å². The van der Waals surface area contributed by atoms with Crippen molar-refractivity contribution in [3.05, 3.63) is 42.4 Å². The van der Waals surface area contributed by atoms with Crippen LogP contribution in [-0.2, 0) is 6.42 Å². The van der Waals surface area contributed by atoms with Gasteiger partial charge in [-0.15, -0.1) is 0 Å². The van der Waals surface area contributed by atoms with E-state index in [1.165, 1.54) is 82.6 Å². The van der Waals surface area contributed by atoms with Gasteiger partial charge in [-0.05, 0) is 49.3 Å². The molecule has 32 heavy (non-hydrogen) atoms. The summed E-state index contributed by atoms with van der Waals surface area (Å²) in [7, 11) is 0. The Labute approximate surface area is 197 Å². The number of ether oxygens (including phenoxy) is 1. The minimum atomic E-state index is 0.761. The van der Waals surface area contributed by atoms with Crippen molar-refractivity contribution in [2.45, 2.75) is 111 Å². The van der Waals surface area contributed by atoms with Gasteiger partial charge in [-0.3, -0.25) is 0 Å². The van der Waals surface area contributed by atoms with Crippen molar-refractivity contribution in [2.75, 3.05) is 6.61 Å². The average Bonchev–Trinajstić information content (AvgIpc) is 2.80. The van der Waals surface area contributed by atoms with Gasteiger partial charge in [0, 0.05) is 11.8 Å². The van der Waals surface area contributed by atoms with Gasteiger partial charge in [-0.25, -0.2) is 9.97 Å². The molecule has 0 fully saturated rings. The van der Waals surface area contributed by atoms with E-state index < -0.39 is 0 Å². The Bertz CT molecular complexity index is 729. The summed E-state index contributed by atoms with van der Waals surface area (Å²) in [6.07, 6.45) is 21.8. The molecule has 0 unspecified atom stereocenters. The molecule has 0 bridgehead atoms. The highest BCUT2D eigenvalue weighted by Gasteiger charge is 2.12. The lowest BCUT2D eigenvalue weighted by molar-refractivity contribution is 0.302. The summed E-state index contributed by atoms with van der Waals surface area (Å²) >= 11 is 0. The fourth-order valence-electron chi connectivity index (χ4n) is 4.21. The van der Waals surface area contributed by atoms with Gasteiger partial charge in [-0.2, -0.15) is 0 Å². The summed E-state index contributed by atoms with van der Waals surface area (Å²) in [5.41, 5.74) is 3.37. The molecule has 0 aliphatic rings. The summed E-state index contributed by atoms with van der Waals surface area (Å²) in [5, 5.41) is 0. The molecule has 178 valence electrons. The molecular formula is C29H46N2O. The normalized spacial score (nSPS) is 11.2. The van der Waals surface area contributed by atoms with Gasteiger partial charge in [0.05, 0.1) is 12.3 Å². The second-order valence-corrected chi connectivity index (χ2v) is 9.56. The summed E-state index contributed by atoms with van der Waals surface area (Å²) < 4.78 is 6.17. The van der Waals surface area contributed by atoms with Crippen LogP contribution in [0.25, 0.3) is 11.3 Å². The molecule has 0 amide bonds. The zero-order valence-electron chi connectivity index (χ0n) is 21.0. The van der Waals surface area contributed by atoms with Crippen molar-refractivity contribution >= 4 is 0 Å². The van der Waals surface area contributed by atoms with Crippen LogP contribution in [0.1, 0.15) is 110 Å². The van der Waals surface area contributed by atoms with E-state index in [2.05, 4.69) is 55.0 Å². The average molecular weight is 439 g/mol. The molecule has 0 saturated carbocycles. The number of para-hydroxylation sites is 1. The third-order valence-corrected chi connectivity index (χ3v) is 6.16. The maximum atomic E-state index is 6.17. The molecule has 1 aromatic heterocycles. The minimum Gasteiger partial charge on any atom is -0.493 e. The van der Waals surface area contributed by atoms with Gasteiger partial charge in [0.1, 0.15) is 12.1 Å². The fourth-order valence-corrected chi connectivity index (χ4v) is 4.21. The fraction of sp³-hybridized carbons (Fsp3) is 0.655. The van der Waals surface area contributed by atoms with E-state index in [1.807, 2.05) is 6.20 Å². The lowest BCUT2D eigenvalue weighted by Gasteiger charge is -2.14. The topological polar surface area (TPSA) is 35.0 Å². The van der Waals surface area contributed by atoms with E-state index in [1.54, 1.807) is 6.33 Å². The smallest absolute Gasteiger partial charge is 0.128 e. The molecule has 0 aliphatic carbocycles. The number of hydrogen-bond acceptors (Lipinski definition) is 3. The minimum absolute atomic E-state index is 0.761. The third-order valence-electron chi connectivity index (χ3n) is 6.16. The Morgan fingerprint density at radius 1 is 0.812 bits per heavy atom. The summed E-state index contributed by atoms with van der Waals surface area (Å²) in [4.78, 5) is 8.97. The lowest BCUT2D eigenvalue weighted by Crippen LogP contribution is -2.02. The number of benzene rings is 1. The van der Waals surface area contributed by atoms with Gasteiger partial charge in [0.15, 0.2) is 0 Å². The van der Waals surface area contributed by atoms with Gasteiger partial charge >= 0.3 is 0 Å². The second kappa shape index (κ2) is 16.7. The molecule has 1 aromatic carbocycles. The standard InChI is InChI=1S/C29H46N2O/c1-4-5-6-7-8-9-10-11-12-13-19-26-23-30-24-31-29(26)27-20-14-15-21-28(27)32-22-17-16-18-25(2)3/h14-15,20-21,23-25H,4-13,16-19,22H2,1-3H3. The molecule has 0 atom stereocenters. The number of unbranched alkanes of at least 4 members (excludes halogenated alkanes) is 10. The van der Waals surface area contributed by atoms with E-state index >= 15 is 0 Å². The van der Waals surface area contributed by atoms with Gasteiger partial charge in [0.25, 0.3) is 0 Å². The van der Waals surface area contributed by atoms with Crippen LogP contribution in [0.15, 0.2) is 36.8 Å².